The summed E-state index contributed by atoms with van der Waals surface area (Å²) in [6, 6.07) is 13.8. The summed E-state index contributed by atoms with van der Waals surface area (Å²) < 4.78 is 11.0. The van der Waals surface area contributed by atoms with E-state index in [2.05, 4.69) is 23.5 Å². The average Bonchev–Trinajstić information content (AvgIpc) is 3.09. The fourth-order valence-electron chi connectivity index (χ4n) is 3.24. The fraction of sp³-hybridized carbons (Fsp3) is 0.381. The zero-order valence-electron chi connectivity index (χ0n) is 15.0. The van der Waals surface area contributed by atoms with Crippen molar-refractivity contribution in [2.24, 2.45) is 0 Å². The Morgan fingerprint density at radius 3 is 2.52 bits per heavy atom. The van der Waals surface area contributed by atoms with E-state index in [9.17, 15) is 4.79 Å². The van der Waals surface area contributed by atoms with Gasteiger partial charge in [0.05, 0.1) is 13.2 Å². The number of aryl methyl sites for hydroxylation is 2. The fourth-order valence-corrected chi connectivity index (χ4v) is 3.24. The average molecular weight is 339 g/mol. The summed E-state index contributed by atoms with van der Waals surface area (Å²) in [6.45, 7) is 3.75. The molecule has 0 saturated carbocycles. The first-order chi connectivity index (χ1) is 12.1. The molecule has 0 saturated heterocycles. The topological polar surface area (TPSA) is 47.6 Å². The van der Waals surface area contributed by atoms with Gasteiger partial charge >= 0.3 is 0 Å². The van der Waals surface area contributed by atoms with E-state index in [1.165, 1.54) is 24.0 Å². The molecular formula is C21H25NO3. The highest BCUT2D eigenvalue weighted by molar-refractivity contribution is 5.81. The van der Waals surface area contributed by atoms with Crippen LogP contribution in [0, 0.1) is 0 Å². The molecule has 2 aromatic carbocycles. The van der Waals surface area contributed by atoms with E-state index >= 15 is 0 Å². The van der Waals surface area contributed by atoms with Crippen LogP contribution in [0.4, 0.5) is 0 Å². The van der Waals surface area contributed by atoms with Crippen molar-refractivity contribution < 1.29 is 14.3 Å². The van der Waals surface area contributed by atoms with Gasteiger partial charge in [0.15, 0.2) is 17.6 Å². The van der Waals surface area contributed by atoms with Crippen molar-refractivity contribution in [1.82, 2.24) is 5.32 Å². The van der Waals surface area contributed by atoms with Crippen LogP contribution in [0.5, 0.6) is 11.5 Å². The summed E-state index contributed by atoms with van der Waals surface area (Å²) in [7, 11) is 1.59. The van der Waals surface area contributed by atoms with Crippen molar-refractivity contribution in [1.29, 1.82) is 0 Å². The predicted octanol–water partition coefficient (Wildman–Crippen LogP) is 3.83. The largest absolute Gasteiger partial charge is 0.493 e. The van der Waals surface area contributed by atoms with Gasteiger partial charge in [0.1, 0.15) is 0 Å². The third-order valence-electron chi connectivity index (χ3n) is 4.72. The SMILES string of the molecule is COc1ccccc1O[C@@H](C)C(=O)N[C@@H](C)c1ccc2c(c1)CCC2. The van der Waals surface area contributed by atoms with Crippen molar-refractivity contribution in [3.05, 3.63) is 59.2 Å². The van der Waals surface area contributed by atoms with E-state index < -0.39 is 6.10 Å². The van der Waals surface area contributed by atoms with E-state index in [1.54, 1.807) is 20.1 Å². The van der Waals surface area contributed by atoms with Gasteiger partial charge in [0.2, 0.25) is 0 Å². The molecule has 2 atom stereocenters. The molecule has 1 aliphatic rings. The van der Waals surface area contributed by atoms with Gasteiger partial charge in [0, 0.05) is 0 Å². The quantitative estimate of drug-likeness (QED) is 0.870. The molecule has 132 valence electrons. The molecule has 3 rings (SSSR count). The van der Waals surface area contributed by atoms with Crippen LogP contribution in [0.3, 0.4) is 0 Å². The van der Waals surface area contributed by atoms with Gasteiger partial charge in [-0.05, 0) is 61.9 Å². The third kappa shape index (κ3) is 3.95. The minimum Gasteiger partial charge on any atom is -0.493 e. The third-order valence-corrected chi connectivity index (χ3v) is 4.72. The number of nitrogens with one attached hydrogen (secondary N) is 1. The second-order valence-electron chi connectivity index (χ2n) is 6.52. The molecule has 4 heteroatoms. The van der Waals surface area contributed by atoms with Crippen molar-refractivity contribution in [2.75, 3.05) is 7.11 Å². The Balaban J connectivity index is 1.63. The van der Waals surface area contributed by atoms with Crippen molar-refractivity contribution >= 4 is 5.91 Å². The number of amides is 1. The lowest BCUT2D eigenvalue weighted by atomic mass is 10.0. The van der Waals surface area contributed by atoms with Crippen molar-refractivity contribution in [3.8, 4) is 11.5 Å². The Morgan fingerprint density at radius 1 is 1.04 bits per heavy atom. The first kappa shape index (κ1) is 17.3. The van der Waals surface area contributed by atoms with E-state index in [-0.39, 0.29) is 11.9 Å². The molecule has 2 aromatic rings. The summed E-state index contributed by atoms with van der Waals surface area (Å²) >= 11 is 0. The molecule has 0 bridgehead atoms. The number of methoxy groups -OCH3 is 1. The normalized spacial score (nSPS) is 15.2. The molecule has 25 heavy (non-hydrogen) atoms. The molecule has 0 radical (unpaired) electrons. The van der Waals surface area contributed by atoms with Gasteiger partial charge in [-0.3, -0.25) is 4.79 Å². The van der Waals surface area contributed by atoms with Gasteiger partial charge in [-0.1, -0.05) is 30.3 Å². The molecule has 4 nitrogen and oxygen atoms in total. The molecule has 1 amide bonds. The lowest BCUT2D eigenvalue weighted by molar-refractivity contribution is -0.127. The highest BCUT2D eigenvalue weighted by Crippen LogP contribution is 2.27. The van der Waals surface area contributed by atoms with Gasteiger partial charge in [-0.25, -0.2) is 0 Å². The van der Waals surface area contributed by atoms with Crippen LogP contribution in [0.15, 0.2) is 42.5 Å². The maximum Gasteiger partial charge on any atom is 0.261 e. The number of carbonyl (C=O) groups is 1. The van der Waals surface area contributed by atoms with Gasteiger partial charge in [-0.15, -0.1) is 0 Å². The maximum atomic E-state index is 12.5. The standard InChI is InChI=1S/C21H25NO3/c1-14(17-12-11-16-7-6-8-18(16)13-17)22-21(23)15(2)25-20-10-5-4-9-19(20)24-3/h4-5,9-15H,6-8H2,1-3H3,(H,22,23)/t14-,15-/m0/s1. The summed E-state index contributed by atoms with van der Waals surface area (Å²) in [6.07, 6.45) is 2.92. The number of benzene rings is 2. The summed E-state index contributed by atoms with van der Waals surface area (Å²) in [5, 5.41) is 3.04. The molecule has 0 aliphatic heterocycles. The molecule has 0 heterocycles. The first-order valence-electron chi connectivity index (χ1n) is 8.80. The number of ether oxygens (including phenoxy) is 2. The van der Waals surface area contributed by atoms with E-state index in [4.69, 9.17) is 9.47 Å². The monoisotopic (exact) mass is 339 g/mol. The van der Waals surface area contributed by atoms with E-state index in [1.807, 2.05) is 25.1 Å². The molecule has 0 spiro atoms. The second-order valence-corrected chi connectivity index (χ2v) is 6.52. The van der Waals surface area contributed by atoms with Crippen LogP contribution in [0.25, 0.3) is 0 Å². The highest BCUT2D eigenvalue weighted by atomic mass is 16.5. The van der Waals surface area contributed by atoms with Crippen LogP contribution >= 0.6 is 0 Å². The molecule has 0 aromatic heterocycles. The van der Waals surface area contributed by atoms with Crippen LogP contribution in [0.1, 0.15) is 43.0 Å². The Bertz CT molecular complexity index is 757. The molecule has 1 aliphatic carbocycles. The number of hydrogen-bond acceptors (Lipinski definition) is 3. The Hall–Kier alpha value is -2.49. The van der Waals surface area contributed by atoms with Crippen LogP contribution in [0.2, 0.25) is 0 Å². The molecule has 1 N–H and O–H groups in total. The van der Waals surface area contributed by atoms with Gasteiger partial charge in [0.25, 0.3) is 5.91 Å². The second kappa shape index (κ2) is 7.60. The Labute approximate surface area is 149 Å². The van der Waals surface area contributed by atoms with Crippen LogP contribution < -0.4 is 14.8 Å². The smallest absolute Gasteiger partial charge is 0.261 e. The molecule has 0 unspecified atom stereocenters. The van der Waals surface area contributed by atoms with Crippen LogP contribution in [-0.4, -0.2) is 19.1 Å². The lowest BCUT2D eigenvalue weighted by Crippen LogP contribution is -2.37. The predicted molar refractivity (Wildman–Crippen MR) is 98.1 cm³/mol. The van der Waals surface area contributed by atoms with Gasteiger partial charge < -0.3 is 14.8 Å². The number of carbonyl (C=O) groups excluding carboxylic acids is 1. The number of rotatable bonds is 6. The molecular weight excluding hydrogens is 314 g/mol. The van der Waals surface area contributed by atoms with E-state index in [0.29, 0.717) is 11.5 Å². The number of para-hydroxylation sites is 2. The summed E-state index contributed by atoms with van der Waals surface area (Å²) in [5.41, 5.74) is 3.99. The zero-order chi connectivity index (χ0) is 17.8. The Morgan fingerprint density at radius 2 is 1.76 bits per heavy atom. The first-order valence-corrected chi connectivity index (χ1v) is 8.80. The van der Waals surface area contributed by atoms with Gasteiger partial charge in [-0.2, -0.15) is 0 Å². The summed E-state index contributed by atoms with van der Waals surface area (Å²) in [4.78, 5) is 12.5. The zero-order valence-corrected chi connectivity index (χ0v) is 15.0. The minimum atomic E-state index is -0.604. The Kier molecular flexibility index (Phi) is 5.27. The van der Waals surface area contributed by atoms with Crippen molar-refractivity contribution in [3.63, 3.8) is 0 Å². The highest BCUT2D eigenvalue weighted by Gasteiger charge is 2.20. The summed E-state index contributed by atoms with van der Waals surface area (Å²) in [5.74, 6) is 1.05. The maximum absolute atomic E-state index is 12.5. The molecule has 0 fully saturated rings. The lowest BCUT2D eigenvalue weighted by Gasteiger charge is -2.20. The number of fused-ring (bicyclic) bond motifs is 1. The minimum absolute atomic E-state index is 0.0536. The van der Waals surface area contributed by atoms with E-state index in [0.717, 1.165) is 12.0 Å². The van der Waals surface area contributed by atoms with Crippen molar-refractivity contribution in [2.45, 2.75) is 45.3 Å². The van der Waals surface area contributed by atoms with Crippen LogP contribution in [-0.2, 0) is 17.6 Å². The number of hydrogen-bond donors (Lipinski definition) is 1.